The zero-order chi connectivity index (χ0) is 18.8. The first-order valence-electron chi connectivity index (χ1n) is 7.27. The van der Waals surface area contributed by atoms with Crippen LogP contribution in [0.4, 0.5) is 13.2 Å². The molecule has 0 atom stereocenters. The fourth-order valence-corrected chi connectivity index (χ4v) is 2.69. The number of ketones is 1. The lowest BCUT2D eigenvalue weighted by Gasteiger charge is -2.12. The first kappa shape index (κ1) is 19.0. The van der Waals surface area contributed by atoms with E-state index in [1.54, 1.807) is 20.8 Å². The molecule has 8 heteroatoms. The molecule has 134 valence electrons. The van der Waals surface area contributed by atoms with Crippen molar-refractivity contribution >= 4 is 29.3 Å². The molecule has 0 amide bonds. The quantitative estimate of drug-likeness (QED) is 0.902. The Morgan fingerprint density at radius 2 is 1.84 bits per heavy atom. The Bertz CT molecular complexity index is 949. The van der Waals surface area contributed by atoms with Crippen LogP contribution in [0.3, 0.4) is 0 Å². The van der Waals surface area contributed by atoms with E-state index in [-0.39, 0.29) is 15.9 Å². The van der Waals surface area contributed by atoms with Crippen molar-refractivity contribution < 1.29 is 22.7 Å². The first-order valence-corrected chi connectivity index (χ1v) is 8.09. The molecule has 2 aromatic rings. The minimum absolute atomic E-state index is 0.112. The van der Waals surface area contributed by atoms with Gasteiger partial charge in [0.25, 0.3) is 5.56 Å². The molecule has 0 spiro atoms. The van der Waals surface area contributed by atoms with E-state index in [1.807, 2.05) is 0 Å². The third-order valence-corrected chi connectivity index (χ3v) is 4.08. The molecule has 1 aromatic carbocycles. The maximum atomic E-state index is 12.5. The van der Waals surface area contributed by atoms with Gasteiger partial charge in [0.1, 0.15) is 5.75 Å². The van der Waals surface area contributed by atoms with Gasteiger partial charge in [0.05, 0.1) is 9.20 Å². The maximum Gasteiger partial charge on any atom is 0.573 e. The standard InChI is InChI=1S/C17H16F3NO3S/c1-16(2,3)13(22)9-14-21-15(23)12(25-14)8-10-6-4-5-7-11(10)24-17(18,19)20/h4-9H,1-3H3,(H,21,23)/b12-8+,14-9-. The molecule has 0 saturated heterocycles. The van der Waals surface area contributed by atoms with Crippen molar-refractivity contribution in [1.82, 2.24) is 4.98 Å². The summed E-state index contributed by atoms with van der Waals surface area (Å²) in [5.41, 5.74) is -0.974. The van der Waals surface area contributed by atoms with Gasteiger partial charge in [-0.2, -0.15) is 0 Å². The lowest BCUT2D eigenvalue weighted by atomic mass is 9.91. The molecular weight excluding hydrogens is 355 g/mol. The van der Waals surface area contributed by atoms with Crippen LogP contribution in [0.25, 0.3) is 12.2 Å². The lowest BCUT2D eigenvalue weighted by molar-refractivity contribution is -0.274. The normalized spacial score (nSPS) is 14.0. The number of hydrogen-bond donors (Lipinski definition) is 1. The number of ether oxygens (including phenoxy) is 1. The molecule has 1 heterocycles. The van der Waals surface area contributed by atoms with Gasteiger partial charge in [-0.15, -0.1) is 24.5 Å². The smallest absolute Gasteiger partial charge is 0.405 e. The van der Waals surface area contributed by atoms with Gasteiger partial charge in [0, 0.05) is 17.1 Å². The van der Waals surface area contributed by atoms with E-state index in [0.717, 1.165) is 17.4 Å². The van der Waals surface area contributed by atoms with Crippen molar-refractivity contribution in [2.24, 2.45) is 5.41 Å². The van der Waals surface area contributed by atoms with Gasteiger partial charge < -0.3 is 9.72 Å². The van der Waals surface area contributed by atoms with E-state index in [9.17, 15) is 22.8 Å². The highest BCUT2D eigenvalue weighted by atomic mass is 32.1. The van der Waals surface area contributed by atoms with Crippen LogP contribution in [0.15, 0.2) is 29.1 Å². The summed E-state index contributed by atoms with van der Waals surface area (Å²) < 4.78 is 41.8. The van der Waals surface area contributed by atoms with E-state index in [1.165, 1.54) is 30.4 Å². The van der Waals surface area contributed by atoms with Crippen molar-refractivity contribution in [2.45, 2.75) is 27.1 Å². The predicted octanol–water partition coefficient (Wildman–Crippen LogP) is 2.56. The molecule has 2 rings (SSSR count). The summed E-state index contributed by atoms with van der Waals surface area (Å²) in [6, 6.07) is 5.51. The van der Waals surface area contributed by atoms with Crippen LogP contribution >= 0.6 is 11.3 Å². The Kier molecular flexibility index (Phi) is 5.22. The van der Waals surface area contributed by atoms with Crippen molar-refractivity contribution in [3.8, 4) is 5.75 Å². The molecule has 1 N–H and O–H groups in total. The van der Waals surface area contributed by atoms with Gasteiger partial charge >= 0.3 is 6.36 Å². The highest BCUT2D eigenvalue weighted by Crippen LogP contribution is 2.26. The number of Topliss-reactive ketones (excluding diaryl/α,β-unsaturated/α-hetero) is 1. The minimum Gasteiger partial charge on any atom is -0.405 e. The van der Waals surface area contributed by atoms with Gasteiger partial charge in [0.2, 0.25) is 0 Å². The molecule has 0 fully saturated rings. The average Bonchev–Trinajstić information content (AvgIpc) is 2.78. The number of aromatic amines is 1. The number of alkyl halides is 3. The monoisotopic (exact) mass is 371 g/mol. The summed E-state index contributed by atoms with van der Waals surface area (Å²) in [7, 11) is 0. The van der Waals surface area contributed by atoms with Gasteiger partial charge in [-0.1, -0.05) is 39.0 Å². The molecule has 0 bridgehead atoms. The van der Waals surface area contributed by atoms with Crippen LogP contribution in [0.2, 0.25) is 0 Å². The van der Waals surface area contributed by atoms with Crippen molar-refractivity contribution in [1.29, 1.82) is 0 Å². The summed E-state index contributed by atoms with van der Waals surface area (Å²) in [6.07, 6.45) is -2.21. The number of carbonyl (C=O) groups excluding carboxylic acids is 1. The first-order chi connectivity index (χ1) is 11.5. The Morgan fingerprint density at radius 1 is 1.20 bits per heavy atom. The molecule has 25 heavy (non-hydrogen) atoms. The summed E-state index contributed by atoms with van der Waals surface area (Å²) in [5.74, 6) is -0.573. The number of hydrogen-bond acceptors (Lipinski definition) is 4. The number of aromatic nitrogens is 1. The fourth-order valence-electron chi connectivity index (χ4n) is 1.82. The van der Waals surface area contributed by atoms with Crippen molar-refractivity contribution in [2.75, 3.05) is 0 Å². The molecule has 1 aromatic heterocycles. The van der Waals surface area contributed by atoms with Crippen LogP contribution in [0.5, 0.6) is 5.75 Å². The van der Waals surface area contributed by atoms with Gasteiger partial charge in [-0.05, 0) is 12.1 Å². The molecule has 4 nitrogen and oxygen atoms in total. The molecule has 0 aliphatic carbocycles. The number of H-pyrrole nitrogens is 1. The molecular formula is C17H16F3NO3S. The number of rotatable bonds is 3. The van der Waals surface area contributed by atoms with E-state index in [4.69, 9.17) is 0 Å². The second kappa shape index (κ2) is 6.87. The van der Waals surface area contributed by atoms with Gasteiger partial charge in [-0.25, -0.2) is 0 Å². The molecule has 0 radical (unpaired) electrons. The van der Waals surface area contributed by atoms with E-state index in [2.05, 4.69) is 9.72 Å². The summed E-state index contributed by atoms with van der Waals surface area (Å²) in [5, 5.41) is 0. The van der Waals surface area contributed by atoms with E-state index >= 15 is 0 Å². The van der Waals surface area contributed by atoms with Crippen molar-refractivity contribution in [3.63, 3.8) is 0 Å². The average molecular weight is 371 g/mol. The Labute approximate surface area is 145 Å². The lowest BCUT2D eigenvalue weighted by Crippen LogP contribution is -2.22. The minimum atomic E-state index is -4.83. The largest absolute Gasteiger partial charge is 0.573 e. The Balaban J connectivity index is 2.50. The molecule has 0 aliphatic rings. The molecule has 0 aliphatic heterocycles. The van der Waals surface area contributed by atoms with Crippen LogP contribution in [-0.4, -0.2) is 17.1 Å². The highest BCUT2D eigenvalue weighted by molar-refractivity contribution is 7.07. The number of para-hydroxylation sites is 1. The summed E-state index contributed by atoms with van der Waals surface area (Å²) in [4.78, 5) is 26.5. The predicted molar refractivity (Wildman–Crippen MR) is 89.8 cm³/mol. The van der Waals surface area contributed by atoms with Crippen LogP contribution < -0.4 is 19.5 Å². The summed E-state index contributed by atoms with van der Waals surface area (Å²) >= 11 is 0.989. The number of benzene rings is 1. The summed E-state index contributed by atoms with van der Waals surface area (Å²) in [6.45, 7) is 5.24. The van der Waals surface area contributed by atoms with Crippen molar-refractivity contribution in [3.05, 3.63) is 49.4 Å². The zero-order valence-corrected chi connectivity index (χ0v) is 14.5. The Morgan fingerprint density at radius 3 is 2.44 bits per heavy atom. The number of thiazole rings is 1. The van der Waals surface area contributed by atoms with Crippen LogP contribution in [0.1, 0.15) is 26.3 Å². The highest BCUT2D eigenvalue weighted by Gasteiger charge is 2.31. The SMILES string of the molecule is CC(C)(C)C(=O)/C=c1/[nH]c(=O)/c(=C\c2ccccc2OC(F)(F)F)s1. The van der Waals surface area contributed by atoms with Crippen LogP contribution in [-0.2, 0) is 4.79 Å². The maximum absolute atomic E-state index is 12.5. The van der Waals surface area contributed by atoms with Gasteiger partial charge in [0.15, 0.2) is 5.78 Å². The second-order valence-corrected chi connectivity index (χ2v) is 7.36. The van der Waals surface area contributed by atoms with Crippen LogP contribution in [0, 0.1) is 5.41 Å². The number of carbonyl (C=O) groups is 1. The molecule has 0 unspecified atom stereocenters. The van der Waals surface area contributed by atoms with Gasteiger partial charge in [-0.3, -0.25) is 9.59 Å². The fraction of sp³-hybridized carbons (Fsp3) is 0.294. The topological polar surface area (TPSA) is 59.2 Å². The molecule has 0 saturated carbocycles. The van der Waals surface area contributed by atoms with E-state index < -0.39 is 23.1 Å². The Hall–Kier alpha value is -2.35. The number of nitrogens with one attached hydrogen (secondary N) is 1. The zero-order valence-electron chi connectivity index (χ0n) is 13.7. The second-order valence-electron chi connectivity index (χ2n) is 6.27. The third kappa shape index (κ3) is 5.32. The van der Waals surface area contributed by atoms with E-state index in [0.29, 0.717) is 4.66 Å². The number of halogens is 3. The third-order valence-electron chi connectivity index (χ3n) is 3.11.